The van der Waals surface area contributed by atoms with E-state index in [1.807, 2.05) is 24.3 Å². The lowest BCUT2D eigenvalue weighted by Crippen LogP contribution is -2.15. The van der Waals surface area contributed by atoms with Crippen molar-refractivity contribution < 1.29 is 18.3 Å². The lowest BCUT2D eigenvalue weighted by atomic mass is 9.94. The number of hydrogen-bond donors (Lipinski definition) is 2. The van der Waals surface area contributed by atoms with Crippen molar-refractivity contribution in [2.45, 2.75) is 70.7 Å². The number of aromatic nitrogens is 1. The van der Waals surface area contributed by atoms with E-state index in [0.717, 1.165) is 34.9 Å². The predicted octanol–water partition coefficient (Wildman–Crippen LogP) is 8.88. The summed E-state index contributed by atoms with van der Waals surface area (Å²) in [6.45, 7) is 8.87. The van der Waals surface area contributed by atoms with Crippen LogP contribution in [-0.4, -0.2) is 23.5 Å². The number of benzene rings is 4. The molecule has 0 unspecified atom stereocenters. The Morgan fingerprint density at radius 1 is 0.783 bits per heavy atom. The highest BCUT2D eigenvalue weighted by Crippen LogP contribution is 2.31. The van der Waals surface area contributed by atoms with E-state index in [4.69, 9.17) is 5.11 Å². The number of nitrogens with zero attached hydrogens (tertiary/aromatic N) is 1. The molecule has 46 heavy (non-hydrogen) atoms. The van der Waals surface area contributed by atoms with Crippen molar-refractivity contribution in [1.82, 2.24) is 3.97 Å². The van der Waals surface area contributed by atoms with E-state index in [-0.39, 0.29) is 17.4 Å². The third kappa shape index (κ3) is 7.88. The molecule has 0 atom stereocenters. The SMILES string of the molecule is CC(C)Cc1ccc(C(Nc2cccc(S(=O)(=O)n3cc(CCCC(=O)O)c4ccccc43)c2)c2ccc(CC(C)C)cc2)cc1. The Morgan fingerprint density at radius 3 is 1.93 bits per heavy atom. The summed E-state index contributed by atoms with van der Waals surface area (Å²) in [5.74, 6) is 0.268. The lowest BCUT2D eigenvalue weighted by molar-refractivity contribution is -0.137. The van der Waals surface area contributed by atoms with Gasteiger partial charge in [0.15, 0.2) is 0 Å². The Morgan fingerprint density at radius 2 is 1.37 bits per heavy atom. The standard InChI is InChI=1S/C39H44N2O4S/c1-27(2)23-29-15-19-31(20-16-29)39(32-21-17-30(18-22-32)24-28(3)4)40-34-10-8-11-35(25-34)46(44,45)41-26-33(9-7-14-38(42)43)36-12-5-6-13-37(36)41/h5-6,8,10-13,15-22,25-28,39-40H,7,9,14,23-24H2,1-4H3,(H,42,43). The summed E-state index contributed by atoms with van der Waals surface area (Å²) >= 11 is 0. The fraction of sp³-hybridized carbons (Fsp3) is 0.308. The van der Waals surface area contributed by atoms with Gasteiger partial charge >= 0.3 is 5.97 Å². The number of carboxylic acid groups (broad SMARTS) is 1. The van der Waals surface area contributed by atoms with Gasteiger partial charge in [0.1, 0.15) is 0 Å². The molecule has 0 bridgehead atoms. The Hall–Kier alpha value is -4.36. The van der Waals surface area contributed by atoms with Gasteiger partial charge in [0.05, 0.1) is 16.5 Å². The number of aliphatic carboxylic acids is 1. The van der Waals surface area contributed by atoms with E-state index < -0.39 is 16.0 Å². The second-order valence-electron chi connectivity index (χ2n) is 13.0. The van der Waals surface area contributed by atoms with Gasteiger partial charge in [-0.2, -0.15) is 0 Å². The fourth-order valence-electron chi connectivity index (χ4n) is 6.07. The quantitative estimate of drug-likeness (QED) is 0.127. The summed E-state index contributed by atoms with van der Waals surface area (Å²) in [6.07, 6.45) is 4.60. The van der Waals surface area contributed by atoms with Crippen LogP contribution < -0.4 is 5.32 Å². The Bertz CT molecular complexity index is 1840. The van der Waals surface area contributed by atoms with Gasteiger partial charge in [-0.25, -0.2) is 12.4 Å². The minimum atomic E-state index is -3.95. The molecule has 4 aromatic carbocycles. The average Bonchev–Trinajstić information content (AvgIpc) is 3.40. The number of para-hydroxylation sites is 1. The maximum atomic E-state index is 14.1. The number of aryl methyl sites for hydroxylation is 1. The largest absolute Gasteiger partial charge is 0.481 e. The van der Waals surface area contributed by atoms with Crippen LogP contribution in [0.2, 0.25) is 0 Å². The van der Waals surface area contributed by atoms with E-state index in [1.54, 1.807) is 30.5 Å². The second kappa shape index (κ2) is 14.4. The summed E-state index contributed by atoms with van der Waals surface area (Å²) in [5, 5.41) is 13.6. The molecule has 2 N–H and O–H groups in total. The van der Waals surface area contributed by atoms with Crippen LogP contribution in [0.25, 0.3) is 10.9 Å². The first-order chi connectivity index (χ1) is 22.0. The summed E-state index contributed by atoms with van der Waals surface area (Å²) in [5.41, 5.74) is 6.86. The Balaban J connectivity index is 1.48. The lowest BCUT2D eigenvalue weighted by Gasteiger charge is -2.22. The highest BCUT2D eigenvalue weighted by atomic mass is 32.2. The van der Waals surface area contributed by atoms with Crippen LogP contribution in [0, 0.1) is 11.8 Å². The average molecular weight is 637 g/mol. The van der Waals surface area contributed by atoms with E-state index in [1.165, 1.54) is 15.1 Å². The molecule has 0 aliphatic rings. The van der Waals surface area contributed by atoms with Crippen LogP contribution in [0.1, 0.15) is 74.4 Å². The highest BCUT2D eigenvalue weighted by molar-refractivity contribution is 7.90. The van der Waals surface area contributed by atoms with Crippen molar-refractivity contribution in [1.29, 1.82) is 0 Å². The first-order valence-electron chi connectivity index (χ1n) is 16.1. The van der Waals surface area contributed by atoms with Crippen LogP contribution in [0.5, 0.6) is 0 Å². The van der Waals surface area contributed by atoms with Crippen molar-refractivity contribution >= 4 is 32.6 Å². The van der Waals surface area contributed by atoms with Crippen molar-refractivity contribution in [3.63, 3.8) is 0 Å². The number of fused-ring (bicyclic) bond motifs is 1. The monoisotopic (exact) mass is 636 g/mol. The maximum Gasteiger partial charge on any atom is 0.303 e. The summed E-state index contributed by atoms with van der Waals surface area (Å²) in [4.78, 5) is 11.3. The summed E-state index contributed by atoms with van der Waals surface area (Å²) < 4.78 is 29.6. The smallest absolute Gasteiger partial charge is 0.303 e. The van der Waals surface area contributed by atoms with Crippen molar-refractivity contribution in [3.8, 4) is 0 Å². The van der Waals surface area contributed by atoms with Crippen LogP contribution in [0.3, 0.4) is 0 Å². The van der Waals surface area contributed by atoms with Crippen LogP contribution in [0.4, 0.5) is 5.69 Å². The molecule has 0 saturated carbocycles. The van der Waals surface area contributed by atoms with Gasteiger partial charge in [-0.3, -0.25) is 4.79 Å². The van der Waals surface area contributed by atoms with E-state index in [0.29, 0.717) is 35.9 Å². The Kier molecular flexibility index (Phi) is 10.3. The van der Waals surface area contributed by atoms with Gasteiger partial charge in [-0.1, -0.05) is 100 Å². The summed E-state index contributed by atoms with van der Waals surface area (Å²) in [6, 6.07) is 31.5. The van der Waals surface area contributed by atoms with Crippen molar-refractivity contribution in [2.24, 2.45) is 11.8 Å². The topological polar surface area (TPSA) is 88.4 Å². The minimum absolute atomic E-state index is 0.0298. The van der Waals surface area contributed by atoms with Gasteiger partial charge in [0.25, 0.3) is 10.0 Å². The third-order valence-corrected chi connectivity index (χ3v) is 9.88. The molecule has 240 valence electrons. The fourth-order valence-corrected chi connectivity index (χ4v) is 7.50. The Labute approximate surface area is 273 Å². The van der Waals surface area contributed by atoms with Crippen LogP contribution in [-0.2, 0) is 34.1 Å². The molecule has 0 spiro atoms. The minimum Gasteiger partial charge on any atom is -0.481 e. The number of carbonyl (C=O) groups is 1. The maximum absolute atomic E-state index is 14.1. The molecular formula is C39H44N2O4S. The zero-order chi connectivity index (χ0) is 32.8. The second-order valence-corrected chi connectivity index (χ2v) is 14.8. The van der Waals surface area contributed by atoms with Gasteiger partial charge in [0, 0.05) is 23.7 Å². The van der Waals surface area contributed by atoms with E-state index in [9.17, 15) is 13.2 Å². The van der Waals surface area contributed by atoms with Crippen LogP contribution >= 0.6 is 0 Å². The highest BCUT2D eigenvalue weighted by Gasteiger charge is 2.23. The molecular weight excluding hydrogens is 593 g/mol. The normalized spacial score (nSPS) is 12.0. The van der Waals surface area contributed by atoms with Crippen LogP contribution in [0.15, 0.2) is 108 Å². The molecule has 5 rings (SSSR count). The molecule has 0 radical (unpaired) electrons. The van der Waals surface area contributed by atoms with E-state index in [2.05, 4.69) is 81.5 Å². The predicted molar refractivity (Wildman–Crippen MR) is 187 cm³/mol. The number of anilines is 1. The van der Waals surface area contributed by atoms with Gasteiger partial charge in [-0.05, 0) is 89.6 Å². The third-order valence-electron chi connectivity index (χ3n) is 8.21. The molecule has 0 saturated heterocycles. The molecule has 0 amide bonds. The van der Waals surface area contributed by atoms with Gasteiger partial charge in [-0.15, -0.1) is 0 Å². The molecule has 6 nitrogen and oxygen atoms in total. The van der Waals surface area contributed by atoms with Crippen molar-refractivity contribution in [3.05, 3.63) is 131 Å². The number of hydrogen-bond acceptors (Lipinski definition) is 4. The van der Waals surface area contributed by atoms with Gasteiger partial charge < -0.3 is 10.4 Å². The molecule has 5 aromatic rings. The zero-order valence-electron chi connectivity index (χ0n) is 27.1. The number of carboxylic acids is 1. The molecule has 0 aliphatic carbocycles. The molecule has 1 aromatic heterocycles. The first kappa shape index (κ1) is 33.0. The number of nitrogens with one attached hydrogen (secondary N) is 1. The molecule has 0 fully saturated rings. The molecule has 1 heterocycles. The van der Waals surface area contributed by atoms with Crippen molar-refractivity contribution in [2.75, 3.05) is 5.32 Å². The van der Waals surface area contributed by atoms with Gasteiger partial charge in [0.2, 0.25) is 0 Å². The molecule has 0 aliphatic heterocycles. The number of rotatable bonds is 14. The molecule has 7 heteroatoms. The zero-order valence-corrected chi connectivity index (χ0v) is 27.9. The van der Waals surface area contributed by atoms with E-state index >= 15 is 0 Å². The summed E-state index contributed by atoms with van der Waals surface area (Å²) in [7, 11) is -3.95. The first-order valence-corrected chi connectivity index (χ1v) is 17.6.